The monoisotopic (exact) mass is 303 g/mol. The van der Waals surface area contributed by atoms with Crippen molar-refractivity contribution in [3.63, 3.8) is 0 Å². The van der Waals surface area contributed by atoms with Gasteiger partial charge in [-0.1, -0.05) is 18.9 Å². The number of benzene rings is 1. The smallest absolute Gasteiger partial charge is 0.227 e. The van der Waals surface area contributed by atoms with Crippen LogP contribution in [0.15, 0.2) is 24.3 Å². The second-order valence-electron chi connectivity index (χ2n) is 5.85. The number of rotatable bonds is 9. The molecule has 5 heteroatoms. The summed E-state index contributed by atoms with van der Waals surface area (Å²) in [5.74, 6) is 0.258. The first-order valence-electron chi connectivity index (χ1n) is 8.10. The number of carbonyl (C=O) groups is 2. The van der Waals surface area contributed by atoms with Crippen LogP contribution in [0.4, 0.5) is 11.4 Å². The van der Waals surface area contributed by atoms with Gasteiger partial charge < -0.3 is 16.4 Å². The Morgan fingerprint density at radius 3 is 2.41 bits per heavy atom. The van der Waals surface area contributed by atoms with E-state index in [9.17, 15) is 9.59 Å². The maximum absolute atomic E-state index is 11.9. The molecule has 0 aliphatic heterocycles. The molecule has 2 amide bonds. The number of amides is 2. The number of anilines is 2. The van der Waals surface area contributed by atoms with E-state index in [-0.39, 0.29) is 17.7 Å². The van der Waals surface area contributed by atoms with Gasteiger partial charge in [0.2, 0.25) is 11.8 Å². The molecule has 1 aromatic rings. The number of nitrogens with two attached hydrogens (primary N) is 1. The largest absolute Gasteiger partial charge is 0.330 e. The van der Waals surface area contributed by atoms with E-state index in [0.717, 1.165) is 49.9 Å². The molecule has 0 heterocycles. The summed E-state index contributed by atoms with van der Waals surface area (Å²) in [6.07, 6.45) is 6.48. The van der Waals surface area contributed by atoms with Gasteiger partial charge in [-0.15, -0.1) is 0 Å². The van der Waals surface area contributed by atoms with Gasteiger partial charge >= 0.3 is 0 Å². The third kappa shape index (κ3) is 5.85. The van der Waals surface area contributed by atoms with E-state index < -0.39 is 0 Å². The van der Waals surface area contributed by atoms with Crippen LogP contribution >= 0.6 is 0 Å². The molecule has 1 saturated carbocycles. The highest BCUT2D eigenvalue weighted by Gasteiger charge is 2.29. The van der Waals surface area contributed by atoms with Gasteiger partial charge in [0.05, 0.1) is 0 Å². The summed E-state index contributed by atoms with van der Waals surface area (Å²) in [6.45, 7) is 0.714. The van der Waals surface area contributed by atoms with Gasteiger partial charge in [-0.2, -0.15) is 0 Å². The molecule has 120 valence electrons. The van der Waals surface area contributed by atoms with Gasteiger partial charge in [0.1, 0.15) is 0 Å². The van der Waals surface area contributed by atoms with Crippen molar-refractivity contribution >= 4 is 23.2 Å². The highest BCUT2D eigenvalue weighted by Crippen LogP contribution is 2.30. The number of hydrogen-bond donors (Lipinski definition) is 3. The molecule has 1 aliphatic carbocycles. The lowest BCUT2D eigenvalue weighted by molar-refractivity contribution is -0.117. The molecule has 1 aliphatic rings. The first-order chi connectivity index (χ1) is 10.7. The van der Waals surface area contributed by atoms with Crippen molar-refractivity contribution in [3.05, 3.63) is 24.3 Å². The Balaban J connectivity index is 1.74. The second kappa shape index (κ2) is 8.54. The van der Waals surface area contributed by atoms with Gasteiger partial charge in [-0.25, -0.2) is 0 Å². The summed E-state index contributed by atoms with van der Waals surface area (Å²) in [5.41, 5.74) is 6.89. The van der Waals surface area contributed by atoms with Gasteiger partial charge in [-0.05, 0) is 50.4 Å². The molecular formula is C17H25N3O2. The Labute approximate surface area is 131 Å². The van der Waals surface area contributed by atoms with Crippen molar-refractivity contribution in [2.45, 2.75) is 44.9 Å². The minimum Gasteiger partial charge on any atom is -0.330 e. The molecule has 0 bridgehead atoms. The van der Waals surface area contributed by atoms with Crippen molar-refractivity contribution in [1.82, 2.24) is 0 Å². The van der Waals surface area contributed by atoms with E-state index in [1.54, 1.807) is 6.07 Å². The van der Waals surface area contributed by atoms with Crippen LogP contribution in [-0.4, -0.2) is 18.4 Å². The zero-order valence-electron chi connectivity index (χ0n) is 12.9. The van der Waals surface area contributed by atoms with E-state index in [2.05, 4.69) is 10.6 Å². The Kier molecular flexibility index (Phi) is 6.40. The summed E-state index contributed by atoms with van der Waals surface area (Å²) >= 11 is 0. The fraction of sp³-hybridized carbons (Fsp3) is 0.529. The van der Waals surface area contributed by atoms with Crippen LogP contribution < -0.4 is 16.4 Å². The highest BCUT2D eigenvalue weighted by atomic mass is 16.2. The van der Waals surface area contributed by atoms with Crippen LogP contribution in [0.2, 0.25) is 0 Å². The molecule has 4 N–H and O–H groups in total. The number of unbranched alkanes of at least 4 members (excludes halogenated alkanes) is 3. The van der Waals surface area contributed by atoms with Gasteiger partial charge in [0, 0.05) is 23.7 Å². The lowest BCUT2D eigenvalue weighted by Gasteiger charge is -2.08. The maximum atomic E-state index is 11.9. The molecule has 0 unspecified atom stereocenters. The molecule has 22 heavy (non-hydrogen) atoms. The third-order valence-electron chi connectivity index (χ3n) is 3.72. The molecule has 0 spiro atoms. The van der Waals surface area contributed by atoms with E-state index in [1.165, 1.54) is 0 Å². The van der Waals surface area contributed by atoms with E-state index >= 15 is 0 Å². The van der Waals surface area contributed by atoms with Crippen molar-refractivity contribution in [1.29, 1.82) is 0 Å². The first-order valence-corrected chi connectivity index (χ1v) is 8.10. The van der Waals surface area contributed by atoms with Crippen LogP contribution in [0.25, 0.3) is 0 Å². The lowest BCUT2D eigenvalue weighted by atomic mass is 10.1. The Morgan fingerprint density at radius 2 is 1.73 bits per heavy atom. The van der Waals surface area contributed by atoms with E-state index in [4.69, 9.17) is 5.73 Å². The Morgan fingerprint density at radius 1 is 1.05 bits per heavy atom. The molecule has 5 nitrogen and oxygen atoms in total. The van der Waals surface area contributed by atoms with Gasteiger partial charge in [0.25, 0.3) is 0 Å². The highest BCUT2D eigenvalue weighted by molar-refractivity contribution is 5.95. The topological polar surface area (TPSA) is 84.2 Å². The fourth-order valence-corrected chi connectivity index (χ4v) is 2.27. The number of nitrogens with one attached hydrogen (secondary N) is 2. The normalized spacial score (nSPS) is 13.7. The zero-order valence-corrected chi connectivity index (χ0v) is 12.9. The Bertz CT molecular complexity index is 512. The van der Waals surface area contributed by atoms with Crippen molar-refractivity contribution in [2.75, 3.05) is 17.2 Å². The molecule has 0 atom stereocenters. The van der Waals surface area contributed by atoms with Crippen molar-refractivity contribution in [2.24, 2.45) is 11.7 Å². The first kappa shape index (κ1) is 16.5. The quantitative estimate of drug-likeness (QED) is 0.613. The van der Waals surface area contributed by atoms with E-state index in [1.807, 2.05) is 18.2 Å². The van der Waals surface area contributed by atoms with Gasteiger partial charge in [0.15, 0.2) is 0 Å². The summed E-state index contributed by atoms with van der Waals surface area (Å²) < 4.78 is 0. The number of carbonyl (C=O) groups excluding carboxylic acids is 2. The van der Waals surface area contributed by atoms with Crippen LogP contribution in [0.5, 0.6) is 0 Å². The third-order valence-corrected chi connectivity index (χ3v) is 3.72. The molecule has 1 fully saturated rings. The molecule has 2 rings (SSSR count). The zero-order chi connectivity index (χ0) is 15.8. The lowest BCUT2D eigenvalue weighted by Crippen LogP contribution is -2.14. The second-order valence-corrected chi connectivity index (χ2v) is 5.85. The minimum atomic E-state index is 0.0124. The summed E-state index contributed by atoms with van der Waals surface area (Å²) in [7, 11) is 0. The fourth-order valence-electron chi connectivity index (χ4n) is 2.27. The molecule has 0 aromatic heterocycles. The van der Waals surface area contributed by atoms with Crippen LogP contribution in [0, 0.1) is 5.92 Å². The van der Waals surface area contributed by atoms with Crippen molar-refractivity contribution in [3.8, 4) is 0 Å². The minimum absolute atomic E-state index is 0.0124. The van der Waals surface area contributed by atoms with Crippen molar-refractivity contribution < 1.29 is 9.59 Å². The van der Waals surface area contributed by atoms with E-state index in [0.29, 0.717) is 13.0 Å². The predicted molar refractivity (Wildman–Crippen MR) is 88.6 cm³/mol. The average Bonchev–Trinajstić information content (AvgIpc) is 3.32. The molecule has 1 aromatic carbocycles. The average molecular weight is 303 g/mol. The van der Waals surface area contributed by atoms with Crippen LogP contribution in [0.3, 0.4) is 0 Å². The van der Waals surface area contributed by atoms with Crippen LogP contribution in [-0.2, 0) is 9.59 Å². The summed E-state index contributed by atoms with van der Waals surface area (Å²) in [5, 5.41) is 5.76. The Hall–Kier alpha value is -1.88. The molecular weight excluding hydrogens is 278 g/mol. The molecule has 0 radical (unpaired) electrons. The maximum Gasteiger partial charge on any atom is 0.227 e. The molecule has 0 saturated heterocycles. The summed E-state index contributed by atoms with van der Waals surface area (Å²) in [6, 6.07) is 7.30. The number of hydrogen-bond acceptors (Lipinski definition) is 3. The van der Waals surface area contributed by atoms with Crippen LogP contribution in [0.1, 0.15) is 44.9 Å². The van der Waals surface area contributed by atoms with Gasteiger partial charge in [-0.3, -0.25) is 9.59 Å². The predicted octanol–water partition coefficient (Wildman–Crippen LogP) is 2.88. The standard InChI is InChI=1S/C17H25N3O2/c18-11-4-2-1-3-8-16(21)19-14-6-5-7-15(12-14)20-17(22)13-9-10-13/h5-7,12-13H,1-4,8-11,18H2,(H,19,21)(H,20,22). The SMILES string of the molecule is NCCCCCCC(=O)Nc1cccc(NC(=O)C2CC2)c1. The summed E-state index contributed by atoms with van der Waals surface area (Å²) in [4.78, 5) is 23.6.